The average molecular weight is 371 g/mol. The number of aryl methyl sites for hydroxylation is 2. The van der Waals surface area contributed by atoms with Gasteiger partial charge < -0.3 is 10.2 Å². The van der Waals surface area contributed by atoms with E-state index in [0.717, 1.165) is 24.0 Å². The molecule has 3 heterocycles. The number of hydrogen-bond acceptors (Lipinski definition) is 5. The summed E-state index contributed by atoms with van der Waals surface area (Å²) in [6.45, 7) is 7.04. The molecule has 2 aromatic heterocycles. The van der Waals surface area contributed by atoms with E-state index in [9.17, 15) is 4.79 Å². The van der Waals surface area contributed by atoms with Gasteiger partial charge in [0.2, 0.25) is 5.91 Å². The number of hydrogen-bond donors (Lipinski definition) is 1. The van der Waals surface area contributed by atoms with Crippen LogP contribution in [0.15, 0.2) is 6.07 Å². The van der Waals surface area contributed by atoms with E-state index in [1.165, 1.54) is 51.6 Å². The van der Waals surface area contributed by atoms with Gasteiger partial charge in [-0.15, -0.1) is 5.10 Å². The first-order valence-electron chi connectivity index (χ1n) is 10.3. The highest BCUT2D eigenvalue weighted by Crippen LogP contribution is 2.27. The van der Waals surface area contributed by atoms with E-state index in [1.54, 1.807) is 4.52 Å². The third-order valence-corrected chi connectivity index (χ3v) is 6.06. The Morgan fingerprint density at radius 1 is 1.15 bits per heavy atom. The monoisotopic (exact) mass is 370 g/mol. The molecule has 1 N–H and O–H groups in total. The van der Waals surface area contributed by atoms with Gasteiger partial charge in [0.05, 0.1) is 6.42 Å². The summed E-state index contributed by atoms with van der Waals surface area (Å²) in [6.07, 6.45) is 8.13. The molecule has 146 valence electrons. The molecular weight excluding hydrogens is 340 g/mol. The van der Waals surface area contributed by atoms with Crippen LogP contribution in [0.1, 0.15) is 55.7 Å². The number of amides is 1. The van der Waals surface area contributed by atoms with Crippen molar-refractivity contribution in [2.75, 3.05) is 19.6 Å². The van der Waals surface area contributed by atoms with Gasteiger partial charge in [0.15, 0.2) is 5.82 Å². The Labute approximate surface area is 160 Å². The van der Waals surface area contributed by atoms with Gasteiger partial charge in [-0.3, -0.25) is 4.79 Å². The number of aromatic nitrogens is 4. The maximum Gasteiger partial charge on any atom is 0.252 e. The van der Waals surface area contributed by atoms with Crippen LogP contribution in [-0.2, 0) is 11.2 Å². The van der Waals surface area contributed by atoms with Crippen molar-refractivity contribution in [1.82, 2.24) is 29.8 Å². The second-order valence-corrected chi connectivity index (χ2v) is 8.18. The normalized spacial score (nSPS) is 19.8. The molecule has 0 unspecified atom stereocenters. The zero-order valence-corrected chi connectivity index (χ0v) is 16.4. The second kappa shape index (κ2) is 7.92. The summed E-state index contributed by atoms with van der Waals surface area (Å²) in [4.78, 5) is 23.8. The summed E-state index contributed by atoms with van der Waals surface area (Å²) >= 11 is 0. The summed E-state index contributed by atoms with van der Waals surface area (Å²) in [5.74, 6) is 1.69. The van der Waals surface area contributed by atoms with Crippen molar-refractivity contribution in [3.8, 4) is 0 Å². The molecule has 0 aromatic carbocycles. The molecule has 2 aromatic rings. The molecule has 7 nitrogen and oxygen atoms in total. The van der Waals surface area contributed by atoms with Gasteiger partial charge in [-0.2, -0.15) is 4.98 Å². The molecule has 0 radical (unpaired) electrons. The lowest BCUT2D eigenvalue weighted by molar-refractivity contribution is -0.120. The van der Waals surface area contributed by atoms with Crippen LogP contribution >= 0.6 is 0 Å². The Hall–Kier alpha value is -2.02. The van der Waals surface area contributed by atoms with Crippen LogP contribution < -0.4 is 5.32 Å². The van der Waals surface area contributed by atoms with E-state index in [0.29, 0.717) is 17.5 Å². The van der Waals surface area contributed by atoms with Crippen molar-refractivity contribution in [1.29, 1.82) is 0 Å². The lowest BCUT2D eigenvalue weighted by Crippen LogP contribution is -2.42. The second-order valence-electron chi connectivity index (χ2n) is 8.18. The molecule has 1 saturated heterocycles. The number of fused-ring (bicyclic) bond motifs is 1. The Bertz CT molecular complexity index is 802. The van der Waals surface area contributed by atoms with E-state index in [2.05, 4.69) is 25.3 Å². The highest BCUT2D eigenvalue weighted by molar-refractivity contribution is 5.77. The van der Waals surface area contributed by atoms with Crippen LogP contribution in [0, 0.1) is 19.8 Å². The molecule has 1 saturated carbocycles. The molecule has 0 spiro atoms. The van der Waals surface area contributed by atoms with Crippen LogP contribution in [0.5, 0.6) is 0 Å². The first-order chi connectivity index (χ1) is 13.1. The lowest BCUT2D eigenvalue weighted by Gasteiger charge is -2.36. The van der Waals surface area contributed by atoms with Gasteiger partial charge in [-0.05, 0) is 64.6 Å². The van der Waals surface area contributed by atoms with Crippen LogP contribution in [0.3, 0.4) is 0 Å². The zero-order chi connectivity index (χ0) is 18.8. The molecule has 7 heteroatoms. The fourth-order valence-corrected chi connectivity index (χ4v) is 4.54. The first kappa shape index (κ1) is 18.3. The standard InChI is InChI=1S/C20H30N6O/c1-14-11-15(2)26-20(22-14)23-18(24-26)12-19(27)21-13-16-7-9-25(10-8-16)17-5-3-4-6-17/h11,16-17H,3-10,12-13H2,1-2H3,(H,21,27). The van der Waals surface area contributed by atoms with Crippen LogP contribution in [-0.4, -0.2) is 56.1 Å². The van der Waals surface area contributed by atoms with E-state index < -0.39 is 0 Å². The number of rotatable bonds is 5. The van der Waals surface area contributed by atoms with Crippen molar-refractivity contribution in [3.63, 3.8) is 0 Å². The van der Waals surface area contributed by atoms with Gasteiger partial charge in [0, 0.05) is 24.0 Å². The number of carbonyl (C=O) groups is 1. The minimum absolute atomic E-state index is 0.00139. The van der Waals surface area contributed by atoms with E-state index in [1.807, 2.05) is 19.9 Å². The predicted molar refractivity (Wildman–Crippen MR) is 104 cm³/mol. The molecule has 1 aliphatic carbocycles. The highest BCUT2D eigenvalue weighted by Gasteiger charge is 2.27. The SMILES string of the molecule is Cc1cc(C)n2nc(CC(=O)NCC3CCN(C4CCCC4)CC3)nc2n1. The van der Waals surface area contributed by atoms with Gasteiger partial charge in [-0.1, -0.05) is 12.8 Å². The molecular formula is C20H30N6O. The summed E-state index contributed by atoms with van der Waals surface area (Å²) in [5, 5.41) is 7.51. The van der Waals surface area contributed by atoms with E-state index in [-0.39, 0.29) is 12.3 Å². The molecule has 0 bridgehead atoms. The third-order valence-electron chi connectivity index (χ3n) is 6.06. The van der Waals surface area contributed by atoms with Gasteiger partial charge >= 0.3 is 0 Å². The predicted octanol–water partition coefficient (Wildman–Crippen LogP) is 2.05. The van der Waals surface area contributed by atoms with Crippen LogP contribution in [0.2, 0.25) is 0 Å². The largest absolute Gasteiger partial charge is 0.355 e. The minimum atomic E-state index is -0.00139. The van der Waals surface area contributed by atoms with E-state index in [4.69, 9.17) is 0 Å². The Balaban J connectivity index is 1.25. The Morgan fingerprint density at radius 3 is 2.63 bits per heavy atom. The molecule has 27 heavy (non-hydrogen) atoms. The minimum Gasteiger partial charge on any atom is -0.355 e. The average Bonchev–Trinajstić information content (AvgIpc) is 3.30. The van der Waals surface area contributed by atoms with Crippen LogP contribution in [0.4, 0.5) is 0 Å². The maximum absolute atomic E-state index is 12.3. The topological polar surface area (TPSA) is 75.4 Å². The van der Waals surface area contributed by atoms with Crippen molar-refractivity contribution in [2.45, 2.75) is 64.8 Å². The molecule has 2 aliphatic rings. The Morgan fingerprint density at radius 2 is 1.89 bits per heavy atom. The molecule has 4 rings (SSSR count). The number of likely N-dealkylation sites (tertiary alicyclic amines) is 1. The Kier molecular flexibility index (Phi) is 5.38. The van der Waals surface area contributed by atoms with Crippen molar-refractivity contribution < 1.29 is 4.79 Å². The summed E-state index contributed by atoms with van der Waals surface area (Å²) in [5.41, 5.74) is 1.89. The molecule has 1 amide bonds. The first-order valence-corrected chi connectivity index (χ1v) is 10.3. The summed E-state index contributed by atoms with van der Waals surface area (Å²) < 4.78 is 1.70. The maximum atomic E-state index is 12.3. The quantitative estimate of drug-likeness (QED) is 0.872. The smallest absolute Gasteiger partial charge is 0.252 e. The van der Waals surface area contributed by atoms with Gasteiger partial charge in [0.25, 0.3) is 5.78 Å². The number of nitrogens with zero attached hydrogens (tertiary/aromatic N) is 5. The molecule has 0 atom stereocenters. The van der Waals surface area contributed by atoms with Gasteiger partial charge in [-0.25, -0.2) is 9.50 Å². The number of piperidine rings is 1. The van der Waals surface area contributed by atoms with Crippen molar-refractivity contribution in [2.24, 2.45) is 5.92 Å². The number of nitrogens with one attached hydrogen (secondary N) is 1. The fraction of sp³-hybridized carbons (Fsp3) is 0.700. The van der Waals surface area contributed by atoms with Crippen LogP contribution in [0.25, 0.3) is 5.78 Å². The number of carbonyl (C=O) groups excluding carboxylic acids is 1. The highest BCUT2D eigenvalue weighted by atomic mass is 16.1. The van der Waals surface area contributed by atoms with Crippen molar-refractivity contribution >= 4 is 11.7 Å². The summed E-state index contributed by atoms with van der Waals surface area (Å²) in [7, 11) is 0. The zero-order valence-electron chi connectivity index (χ0n) is 16.4. The fourth-order valence-electron chi connectivity index (χ4n) is 4.54. The van der Waals surface area contributed by atoms with E-state index >= 15 is 0 Å². The van der Waals surface area contributed by atoms with Gasteiger partial charge in [0.1, 0.15) is 0 Å². The molecule has 2 fully saturated rings. The summed E-state index contributed by atoms with van der Waals surface area (Å²) in [6, 6.07) is 2.78. The molecule has 1 aliphatic heterocycles. The third kappa shape index (κ3) is 4.29. The van der Waals surface area contributed by atoms with Crippen molar-refractivity contribution in [3.05, 3.63) is 23.3 Å². The lowest BCUT2D eigenvalue weighted by atomic mass is 9.95.